The second-order valence-corrected chi connectivity index (χ2v) is 7.18. The molecule has 0 spiro atoms. The molecule has 0 aliphatic carbocycles. The van der Waals surface area contributed by atoms with E-state index in [0.717, 1.165) is 29.1 Å². The van der Waals surface area contributed by atoms with Crippen LogP contribution in [0.4, 0.5) is 5.82 Å². The number of nitrogens with zero attached hydrogens (tertiary/aromatic N) is 3. The summed E-state index contributed by atoms with van der Waals surface area (Å²) < 4.78 is 25.1. The number of hydrogen-bond acceptors (Lipinski definition) is 5. The van der Waals surface area contributed by atoms with Gasteiger partial charge in [-0.1, -0.05) is 13.8 Å². The first kappa shape index (κ1) is 17.3. The molecular weight excluding hydrogens is 344 g/mol. The molecule has 20 heavy (non-hydrogen) atoms. The zero-order chi connectivity index (χ0) is 15.2. The molecule has 6 nitrogen and oxygen atoms in total. The van der Waals surface area contributed by atoms with Crippen LogP contribution in [0.3, 0.4) is 0 Å². The van der Waals surface area contributed by atoms with Gasteiger partial charge in [-0.3, -0.25) is 0 Å². The van der Waals surface area contributed by atoms with Crippen molar-refractivity contribution in [1.82, 2.24) is 14.3 Å². The quantitative estimate of drug-likeness (QED) is 0.562. The van der Waals surface area contributed by atoms with Crippen LogP contribution in [-0.4, -0.2) is 48.6 Å². The van der Waals surface area contributed by atoms with Crippen LogP contribution in [0.25, 0.3) is 0 Å². The molecule has 0 saturated carbocycles. The van der Waals surface area contributed by atoms with Gasteiger partial charge in [-0.25, -0.2) is 22.7 Å². The van der Waals surface area contributed by atoms with E-state index in [1.807, 2.05) is 19.9 Å². The SMILES string of the molecule is CCc1nc(Br)cc(NCCCN(CC)S(C)(=O)=O)n1. The Morgan fingerprint density at radius 2 is 2.05 bits per heavy atom. The highest BCUT2D eigenvalue weighted by atomic mass is 79.9. The minimum absolute atomic E-state index is 0.498. The van der Waals surface area contributed by atoms with Gasteiger partial charge in [0, 0.05) is 32.1 Å². The van der Waals surface area contributed by atoms with Crippen molar-refractivity contribution in [1.29, 1.82) is 0 Å². The fourth-order valence-electron chi connectivity index (χ4n) is 1.74. The molecule has 0 amide bonds. The third kappa shape index (κ3) is 5.72. The van der Waals surface area contributed by atoms with Crippen LogP contribution in [0.1, 0.15) is 26.1 Å². The molecule has 0 atom stereocenters. The van der Waals surface area contributed by atoms with E-state index in [-0.39, 0.29) is 0 Å². The smallest absolute Gasteiger partial charge is 0.211 e. The summed E-state index contributed by atoms with van der Waals surface area (Å²) in [5.41, 5.74) is 0. The molecule has 0 saturated heterocycles. The number of hydrogen-bond donors (Lipinski definition) is 1. The van der Waals surface area contributed by atoms with Crippen molar-refractivity contribution in [2.75, 3.05) is 31.2 Å². The van der Waals surface area contributed by atoms with Crippen LogP contribution in [0.2, 0.25) is 0 Å². The number of halogens is 1. The molecule has 1 aromatic heterocycles. The fourth-order valence-corrected chi connectivity index (χ4v) is 3.09. The molecule has 0 unspecified atom stereocenters. The lowest BCUT2D eigenvalue weighted by Gasteiger charge is -2.17. The highest BCUT2D eigenvalue weighted by Crippen LogP contribution is 2.12. The second kappa shape index (κ2) is 7.90. The summed E-state index contributed by atoms with van der Waals surface area (Å²) in [6, 6.07) is 1.81. The van der Waals surface area contributed by atoms with Gasteiger partial charge in [0.25, 0.3) is 0 Å². The second-order valence-electron chi connectivity index (χ2n) is 4.38. The lowest BCUT2D eigenvalue weighted by molar-refractivity contribution is 0.428. The normalized spacial score (nSPS) is 11.8. The average Bonchev–Trinajstić information content (AvgIpc) is 2.36. The number of anilines is 1. The van der Waals surface area contributed by atoms with Crippen molar-refractivity contribution in [2.24, 2.45) is 0 Å². The van der Waals surface area contributed by atoms with E-state index in [4.69, 9.17) is 0 Å². The molecule has 0 bridgehead atoms. The Hall–Kier alpha value is -0.730. The van der Waals surface area contributed by atoms with E-state index < -0.39 is 10.0 Å². The van der Waals surface area contributed by atoms with Gasteiger partial charge in [0.2, 0.25) is 10.0 Å². The summed E-state index contributed by atoms with van der Waals surface area (Å²) in [6.07, 6.45) is 2.73. The minimum Gasteiger partial charge on any atom is -0.370 e. The largest absolute Gasteiger partial charge is 0.370 e. The highest BCUT2D eigenvalue weighted by Gasteiger charge is 2.13. The number of aryl methyl sites for hydroxylation is 1. The molecule has 1 rings (SSSR count). The lowest BCUT2D eigenvalue weighted by Crippen LogP contribution is -2.31. The maximum atomic E-state index is 11.4. The topological polar surface area (TPSA) is 75.2 Å². The third-order valence-corrected chi connectivity index (χ3v) is 4.55. The summed E-state index contributed by atoms with van der Waals surface area (Å²) in [5.74, 6) is 1.53. The molecule has 114 valence electrons. The average molecular weight is 365 g/mol. The van der Waals surface area contributed by atoms with E-state index >= 15 is 0 Å². The number of nitrogens with one attached hydrogen (secondary N) is 1. The van der Waals surface area contributed by atoms with Gasteiger partial charge in [0.1, 0.15) is 16.2 Å². The van der Waals surface area contributed by atoms with Gasteiger partial charge >= 0.3 is 0 Å². The third-order valence-electron chi connectivity index (χ3n) is 2.77. The van der Waals surface area contributed by atoms with Crippen LogP contribution in [0.5, 0.6) is 0 Å². The molecule has 0 radical (unpaired) electrons. The molecule has 1 N–H and O–H groups in total. The van der Waals surface area contributed by atoms with Crippen LogP contribution in [-0.2, 0) is 16.4 Å². The Balaban J connectivity index is 2.47. The predicted molar refractivity (Wildman–Crippen MR) is 84.3 cm³/mol. The summed E-state index contributed by atoms with van der Waals surface area (Å²) >= 11 is 3.34. The van der Waals surface area contributed by atoms with E-state index in [1.54, 1.807) is 0 Å². The van der Waals surface area contributed by atoms with Crippen molar-refractivity contribution in [3.8, 4) is 0 Å². The van der Waals surface area contributed by atoms with Crippen molar-refractivity contribution >= 4 is 31.8 Å². The molecule has 8 heteroatoms. The van der Waals surface area contributed by atoms with Crippen LogP contribution in [0, 0.1) is 0 Å². The first-order valence-corrected chi connectivity index (χ1v) is 9.23. The van der Waals surface area contributed by atoms with Gasteiger partial charge in [-0.05, 0) is 22.4 Å². The van der Waals surface area contributed by atoms with Crippen molar-refractivity contribution in [3.63, 3.8) is 0 Å². The lowest BCUT2D eigenvalue weighted by atomic mass is 10.4. The molecule has 0 aliphatic heterocycles. The van der Waals surface area contributed by atoms with Crippen molar-refractivity contribution in [3.05, 3.63) is 16.5 Å². The molecule has 0 aliphatic rings. The summed E-state index contributed by atoms with van der Waals surface area (Å²) in [6.45, 7) is 5.51. The van der Waals surface area contributed by atoms with Crippen molar-refractivity contribution in [2.45, 2.75) is 26.7 Å². The monoisotopic (exact) mass is 364 g/mol. The van der Waals surface area contributed by atoms with Crippen molar-refractivity contribution < 1.29 is 8.42 Å². The molecule has 1 aromatic rings. The molecule has 0 aromatic carbocycles. The summed E-state index contributed by atoms with van der Waals surface area (Å²) in [7, 11) is -3.11. The Morgan fingerprint density at radius 1 is 1.35 bits per heavy atom. The van der Waals surface area contributed by atoms with Gasteiger partial charge in [-0.15, -0.1) is 0 Å². The van der Waals surface area contributed by atoms with E-state index in [0.29, 0.717) is 19.6 Å². The summed E-state index contributed by atoms with van der Waals surface area (Å²) in [5, 5.41) is 3.19. The number of aromatic nitrogens is 2. The fraction of sp³-hybridized carbons (Fsp3) is 0.667. The first-order chi connectivity index (χ1) is 9.36. The van der Waals surface area contributed by atoms with Gasteiger partial charge in [-0.2, -0.15) is 0 Å². The maximum absolute atomic E-state index is 11.4. The highest BCUT2D eigenvalue weighted by molar-refractivity contribution is 9.10. The molecule has 0 fully saturated rings. The minimum atomic E-state index is -3.11. The Labute approximate surface area is 129 Å². The molecular formula is C12H21BrN4O2S. The maximum Gasteiger partial charge on any atom is 0.211 e. The molecule has 1 heterocycles. The van der Waals surface area contributed by atoms with E-state index in [1.165, 1.54) is 10.6 Å². The Bertz CT molecular complexity index is 536. The summed E-state index contributed by atoms with van der Waals surface area (Å²) in [4.78, 5) is 8.59. The zero-order valence-electron chi connectivity index (χ0n) is 12.1. The number of sulfonamides is 1. The first-order valence-electron chi connectivity index (χ1n) is 6.59. The zero-order valence-corrected chi connectivity index (χ0v) is 14.5. The standard InChI is InChI=1S/C12H21BrN4O2S/c1-4-11-15-10(13)9-12(16-11)14-7-6-8-17(5-2)20(3,18)19/h9H,4-8H2,1-3H3,(H,14,15,16). The predicted octanol–water partition coefficient (Wildman–Crippen LogP) is 1.88. The van der Waals surface area contributed by atoms with Gasteiger partial charge in [0.15, 0.2) is 0 Å². The van der Waals surface area contributed by atoms with Gasteiger partial charge in [0.05, 0.1) is 6.26 Å². The van der Waals surface area contributed by atoms with Crippen LogP contribution >= 0.6 is 15.9 Å². The van der Waals surface area contributed by atoms with E-state index in [2.05, 4.69) is 31.2 Å². The van der Waals surface area contributed by atoms with E-state index in [9.17, 15) is 8.42 Å². The van der Waals surface area contributed by atoms with Crippen LogP contribution in [0.15, 0.2) is 10.7 Å². The van der Waals surface area contributed by atoms with Gasteiger partial charge < -0.3 is 5.32 Å². The Kier molecular flexibility index (Phi) is 6.84. The Morgan fingerprint density at radius 3 is 2.60 bits per heavy atom. The number of rotatable bonds is 8. The van der Waals surface area contributed by atoms with Crippen LogP contribution < -0.4 is 5.32 Å².